The number of benzene rings is 2. The number of piperazine rings is 1. The molecule has 1 amide bonds. The normalized spacial score (nSPS) is 15.9. The van der Waals surface area contributed by atoms with Gasteiger partial charge in [-0.2, -0.15) is 0 Å². The maximum Gasteiger partial charge on any atom is 0.260 e. The summed E-state index contributed by atoms with van der Waals surface area (Å²) in [6.07, 6.45) is 0. The molecule has 2 aliphatic rings. The summed E-state index contributed by atoms with van der Waals surface area (Å²) in [5, 5.41) is 0.720. The first-order valence-electron chi connectivity index (χ1n) is 8.50. The van der Waals surface area contributed by atoms with Crippen LogP contribution in [0.4, 0.5) is 5.69 Å². The van der Waals surface area contributed by atoms with Gasteiger partial charge in [-0.1, -0.05) is 17.7 Å². The van der Waals surface area contributed by atoms with Gasteiger partial charge in [0.2, 0.25) is 6.79 Å². The third kappa shape index (κ3) is 3.65. The predicted octanol–water partition coefficient (Wildman–Crippen LogP) is 2.80. The van der Waals surface area contributed by atoms with E-state index in [1.54, 1.807) is 18.2 Å². The van der Waals surface area contributed by atoms with Crippen LogP contribution in [0.2, 0.25) is 5.02 Å². The molecule has 0 aliphatic carbocycles. The van der Waals surface area contributed by atoms with E-state index >= 15 is 0 Å². The quantitative estimate of drug-likeness (QED) is 0.823. The Labute approximate surface area is 156 Å². The number of hydrogen-bond acceptors (Lipinski definition) is 5. The van der Waals surface area contributed by atoms with Gasteiger partial charge >= 0.3 is 0 Å². The van der Waals surface area contributed by atoms with Crippen molar-refractivity contribution in [2.45, 2.75) is 0 Å². The molecule has 136 valence electrons. The maximum atomic E-state index is 12.4. The summed E-state index contributed by atoms with van der Waals surface area (Å²) in [7, 11) is 0. The van der Waals surface area contributed by atoms with Crippen LogP contribution in [0.15, 0.2) is 42.5 Å². The summed E-state index contributed by atoms with van der Waals surface area (Å²) in [6, 6.07) is 13.1. The molecule has 0 atom stereocenters. The van der Waals surface area contributed by atoms with Crippen molar-refractivity contribution in [3.05, 3.63) is 47.5 Å². The first kappa shape index (κ1) is 16.8. The molecule has 0 spiro atoms. The highest BCUT2D eigenvalue weighted by molar-refractivity contribution is 6.30. The third-order valence-corrected chi connectivity index (χ3v) is 4.75. The lowest BCUT2D eigenvalue weighted by molar-refractivity contribution is -0.133. The first-order valence-corrected chi connectivity index (χ1v) is 8.87. The van der Waals surface area contributed by atoms with Crippen LogP contribution in [-0.4, -0.2) is 50.4 Å². The standard InChI is InChI=1S/C19H19ClN2O4/c20-14-2-1-3-15(10-14)21-6-8-22(9-7-21)19(23)12-24-16-4-5-17-18(11-16)26-13-25-17/h1-5,10-11H,6-9,12-13H2. The number of nitrogens with zero attached hydrogens (tertiary/aromatic N) is 2. The molecule has 0 aromatic heterocycles. The number of carbonyl (C=O) groups is 1. The number of amides is 1. The fourth-order valence-electron chi connectivity index (χ4n) is 3.09. The molecule has 0 unspecified atom stereocenters. The van der Waals surface area contributed by atoms with E-state index in [1.807, 2.05) is 29.2 Å². The smallest absolute Gasteiger partial charge is 0.260 e. The molecule has 2 aliphatic heterocycles. The number of rotatable bonds is 4. The van der Waals surface area contributed by atoms with E-state index in [0.717, 1.165) is 23.8 Å². The highest BCUT2D eigenvalue weighted by Crippen LogP contribution is 2.35. The van der Waals surface area contributed by atoms with Crippen LogP contribution in [-0.2, 0) is 4.79 Å². The third-order valence-electron chi connectivity index (χ3n) is 4.51. The first-order chi connectivity index (χ1) is 12.7. The maximum absolute atomic E-state index is 12.4. The molecule has 0 saturated carbocycles. The Morgan fingerprint density at radius 3 is 2.65 bits per heavy atom. The second kappa shape index (κ2) is 7.33. The van der Waals surface area contributed by atoms with Crippen molar-refractivity contribution in [1.29, 1.82) is 0 Å². The summed E-state index contributed by atoms with van der Waals surface area (Å²) >= 11 is 6.05. The average Bonchev–Trinajstić information content (AvgIpc) is 3.14. The zero-order valence-electron chi connectivity index (χ0n) is 14.2. The van der Waals surface area contributed by atoms with Crippen LogP contribution in [0.5, 0.6) is 17.2 Å². The fourth-order valence-corrected chi connectivity index (χ4v) is 3.27. The van der Waals surface area contributed by atoms with Crippen LogP contribution in [0.25, 0.3) is 0 Å². The highest BCUT2D eigenvalue weighted by Gasteiger charge is 2.22. The SMILES string of the molecule is O=C(COc1ccc2c(c1)OCO2)N1CCN(c2cccc(Cl)c2)CC1. The summed E-state index contributed by atoms with van der Waals surface area (Å²) in [6.45, 7) is 3.10. The fraction of sp³-hybridized carbons (Fsp3) is 0.316. The molecule has 0 N–H and O–H groups in total. The van der Waals surface area contributed by atoms with Crippen LogP contribution >= 0.6 is 11.6 Å². The molecule has 2 aromatic carbocycles. The Balaban J connectivity index is 1.28. The molecule has 1 fully saturated rings. The van der Waals surface area contributed by atoms with Gasteiger partial charge in [0, 0.05) is 43.0 Å². The van der Waals surface area contributed by atoms with Gasteiger partial charge in [-0.15, -0.1) is 0 Å². The van der Waals surface area contributed by atoms with Gasteiger partial charge < -0.3 is 24.0 Å². The van der Waals surface area contributed by atoms with E-state index in [2.05, 4.69) is 4.90 Å². The van der Waals surface area contributed by atoms with Crippen LogP contribution in [0, 0.1) is 0 Å². The van der Waals surface area contributed by atoms with E-state index in [0.29, 0.717) is 30.3 Å². The van der Waals surface area contributed by atoms with E-state index in [-0.39, 0.29) is 19.3 Å². The molecule has 26 heavy (non-hydrogen) atoms. The van der Waals surface area contributed by atoms with E-state index < -0.39 is 0 Å². The minimum absolute atomic E-state index is 0.0107. The number of anilines is 1. The highest BCUT2D eigenvalue weighted by atomic mass is 35.5. The molecule has 4 rings (SSSR count). The average molecular weight is 375 g/mol. The summed E-state index contributed by atoms with van der Waals surface area (Å²) in [5.41, 5.74) is 1.08. The number of fused-ring (bicyclic) bond motifs is 1. The summed E-state index contributed by atoms with van der Waals surface area (Å²) in [5.74, 6) is 1.92. The van der Waals surface area contributed by atoms with E-state index in [4.69, 9.17) is 25.8 Å². The number of hydrogen-bond donors (Lipinski definition) is 0. The lowest BCUT2D eigenvalue weighted by Gasteiger charge is -2.36. The molecular weight excluding hydrogens is 356 g/mol. The molecule has 7 heteroatoms. The van der Waals surface area contributed by atoms with Gasteiger partial charge in [0.15, 0.2) is 18.1 Å². The van der Waals surface area contributed by atoms with Gasteiger partial charge in [0.25, 0.3) is 5.91 Å². The topological polar surface area (TPSA) is 51.2 Å². The Morgan fingerprint density at radius 2 is 1.85 bits per heavy atom. The van der Waals surface area contributed by atoms with Gasteiger partial charge in [-0.05, 0) is 30.3 Å². The van der Waals surface area contributed by atoms with Crippen molar-refractivity contribution in [3.8, 4) is 17.2 Å². The Bertz CT molecular complexity index is 806. The van der Waals surface area contributed by atoms with Crippen LogP contribution in [0.3, 0.4) is 0 Å². The Kier molecular flexibility index (Phi) is 4.75. The van der Waals surface area contributed by atoms with Gasteiger partial charge in [-0.25, -0.2) is 0 Å². The van der Waals surface area contributed by atoms with Crippen molar-refractivity contribution in [1.82, 2.24) is 4.90 Å². The number of ether oxygens (including phenoxy) is 3. The minimum atomic E-state index is -0.0200. The number of halogens is 1. The predicted molar refractivity (Wildman–Crippen MR) is 98.3 cm³/mol. The van der Waals surface area contributed by atoms with Crippen molar-refractivity contribution in [2.24, 2.45) is 0 Å². The second-order valence-electron chi connectivity index (χ2n) is 6.15. The molecule has 2 heterocycles. The largest absolute Gasteiger partial charge is 0.484 e. The molecule has 0 radical (unpaired) electrons. The monoisotopic (exact) mass is 374 g/mol. The van der Waals surface area contributed by atoms with Crippen molar-refractivity contribution >= 4 is 23.2 Å². The van der Waals surface area contributed by atoms with Gasteiger partial charge in [0.1, 0.15) is 5.75 Å². The Morgan fingerprint density at radius 1 is 1.04 bits per heavy atom. The lowest BCUT2D eigenvalue weighted by Crippen LogP contribution is -2.50. The van der Waals surface area contributed by atoms with E-state index in [9.17, 15) is 4.79 Å². The molecule has 2 aromatic rings. The lowest BCUT2D eigenvalue weighted by atomic mass is 10.2. The van der Waals surface area contributed by atoms with Crippen molar-refractivity contribution < 1.29 is 19.0 Å². The molecule has 6 nitrogen and oxygen atoms in total. The van der Waals surface area contributed by atoms with Crippen molar-refractivity contribution in [3.63, 3.8) is 0 Å². The summed E-state index contributed by atoms with van der Waals surface area (Å²) in [4.78, 5) is 16.5. The van der Waals surface area contributed by atoms with Gasteiger partial charge in [0.05, 0.1) is 0 Å². The zero-order valence-corrected chi connectivity index (χ0v) is 14.9. The van der Waals surface area contributed by atoms with Gasteiger partial charge in [-0.3, -0.25) is 4.79 Å². The molecular formula is C19H19ClN2O4. The second-order valence-corrected chi connectivity index (χ2v) is 6.59. The van der Waals surface area contributed by atoms with Crippen molar-refractivity contribution in [2.75, 3.05) is 44.5 Å². The molecule has 0 bridgehead atoms. The minimum Gasteiger partial charge on any atom is -0.484 e. The van der Waals surface area contributed by atoms with E-state index in [1.165, 1.54) is 0 Å². The van der Waals surface area contributed by atoms with Crippen LogP contribution in [0.1, 0.15) is 0 Å². The Hall–Kier alpha value is -2.60. The number of carbonyl (C=O) groups excluding carboxylic acids is 1. The zero-order chi connectivity index (χ0) is 17.9. The summed E-state index contributed by atoms with van der Waals surface area (Å²) < 4.78 is 16.2. The van der Waals surface area contributed by atoms with Crippen LogP contribution < -0.4 is 19.1 Å². The molecule has 1 saturated heterocycles.